The highest BCUT2D eigenvalue weighted by Gasteiger charge is 2.12. The molecular weight excluding hydrogens is 344 g/mol. The molecular formula is C18H38O6S. The van der Waals surface area contributed by atoms with Gasteiger partial charge >= 0.3 is 10.4 Å². The number of ether oxygens (including phenoxy) is 1. The van der Waals surface area contributed by atoms with Crippen LogP contribution in [-0.4, -0.2) is 34.8 Å². The summed E-state index contributed by atoms with van der Waals surface area (Å²) in [5, 5.41) is 0. The molecule has 0 spiro atoms. The third-order valence-electron chi connectivity index (χ3n) is 3.87. The summed E-state index contributed by atoms with van der Waals surface area (Å²) in [6, 6.07) is 0. The van der Waals surface area contributed by atoms with Crippen LogP contribution in [0, 0.1) is 0 Å². The van der Waals surface area contributed by atoms with Crippen LogP contribution in [0.25, 0.3) is 0 Å². The largest absolute Gasteiger partial charge is 0.426 e. The van der Waals surface area contributed by atoms with Gasteiger partial charge in [-0.05, 0) is 13.3 Å². The molecule has 0 saturated carbocycles. The molecule has 0 aromatic rings. The highest BCUT2D eigenvalue weighted by atomic mass is 32.3. The quantitative estimate of drug-likeness (QED) is 0.169. The Balaban J connectivity index is 3.25. The Kier molecular flexibility index (Phi) is 18.4. The average Bonchev–Trinajstić information content (AvgIpc) is 2.59. The normalized spacial score (nSPS) is 11.9. The number of hydrogen-bond acceptors (Lipinski definition) is 6. The fourth-order valence-corrected chi connectivity index (χ4v) is 2.95. The van der Waals surface area contributed by atoms with E-state index >= 15 is 0 Å². The van der Waals surface area contributed by atoms with Crippen molar-refractivity contribution in [2.24, 2.45) is 0 Å². The van der Waals surface area contributed by atoms with E-state index in [-0.39, 0.29) is 19.8 Å². The summed E-state index contributed by atoms with van der Waals surface area (Å²) in [5.41, 5.74) is 0. The van der Waals surface area contributed by atoms with Crippen LogP contribution >= 0.6 is 0 Å². The van der Waals surface area contributed by atoms with Gasteiger partial charge in [-0.2, -0.15) is 8.42 Å². The van der Waals surface area contributed by atoms with Crippen molar-refractivity contribution in [1.29, 1.82) is 0 Å². The maximum Gasteiger partial charge on any atom is 0.426 e. The van der Waals surface area contributed by atoms with Crippen molar-refractivity contribution in [3.63, 3.8) is 0 Å². The summed E-state index contributed by atoms with van der Waals surface area (Å²) in [6.07, 6.45) is 14.9. The van der Waals surface area contributed by atoms with Crippen molar-refractivity contribution in [2.45, 2.75) is 90.9 Å². The maximum absolute atomic E-state index is 11.3. The monoisotopic (exact) mass is 382 g/mol. The molecule has 0 N–H and O–H groups in total. The second-order valence-electron chi connectivity index (χ2n) is 6.21. The van der Waals surface area contributed by atoms with Gasteiger partial charge in [0, 0.05) is 6.61 Å². The summed E-state index contributed by atoms with van der Waals surface area (Å²) in [5.74, 6) is 0. The van der Waals surface area contributed by atoms with Gasteiger partial charge in [-0.25, -0.2) is 9.07 Å². The zero-order valence-corrected chi connectivity index (χ0v) is 17.0. The summed E-state index contributed by atoms with van der Waals surface area (Å²) in [4.78, 5) is 4.69. The fourth-order valence-electron chi connectivity index (χ4n) is 2.45. The van der Waals surface area contributed by atoms with Crippen molar-refractivity contribution < 1.29 is 26.6 Å². The Bertz CT molecular complexity index is 359. The summed E-state index contributed by atoms with van der Waals surface area (Å²) in [6.45, 7) is 4.97. The summed E-state index contributed by atoms with van der Waals surface area (Å²) in [7, 11) is -4.08. The topological polar surface area (TPSA) is 71.1 Å². The van der Waals surface area contributed by atoms with Gasteiger partial charge in [-0.15, -0.1) is 0 Å². The van der Waals surface area contributed by atoms with Crippen molar-refractivity contribution in [3.05, 3.63) is 0 Å². The summed E-state index contributed by atoms with van der Waals surface area (Å²) >= 11 is 0. The van der Waals surface area contributed by atoms with Gasteiger partial charge in [0.05, 0.1) is 19.8 Å². The SMILES string of the molecule is CCCCCCCCCCCCCCOOS(=O)(=O)OCCOCC. The zero-order valence-electron chi connectivity index (χ0n) is 16.2. The van der Waals surface area contributed by atoms with Gasteiger partial charge in [0.2, 0.25) is 0 Å². The molecule has 0 aromatic heterocycles. The third-order valence-corrected chi connectivity index (χ3v) is 4.59. The first-order valence-corrected chi connectivity index (χ1v) is 11.2. The van der Waals surface area contributed by atoms with E-state index in [0.717, 1.165) is 19.3 Å². The lowest BCUT2D eigenvalue weighted by molar-refractivity contribution is -0.210. The third kappa shape index (κ3) is 20.0. The molecule has 0 aliphatic rings. The van der Waals surface area contributed by atoms with Gasteiger partial charge in [0.15, 0.2) is 0 Å². The number of unbranched alkanes of at least 4 members (excludes halogenated alkanes) is 11. The van der Waals surface area contributed by atoms with Crippen molar-refractivity contribution >= 4 is 10.4 Å². The molecule has 0 rings (SSSR count). The smallest absolute Gasteiger partial charge is 0.379 e. The minimum atomic E-state index is -4.08. The number of rotatable bonds is 20. The van der Waals surface area contributed by atoms with Crippen LogP contribution in [0.2, 0.25) is 0 Å². The van der Waals surface area contributed by atoms with Crippen LogP contribution in [0.15, 0.2) is 0 Å². The van der Waals surface area contributed by atoms with E-state index in [9.17, 15) is 8.42 Å². The molecule has 0 saturated heterocycles. The standard InChI is InChI=1S/C18H38O6S/c1-3-5-6-7-8-9-10-11-12-13-14-15-16-22-24-25(19,20)23-18-17-21-4-2/h3-18H2,1-2H3. The molecule has 152 valence electrons. The highest BCUT2D eigenvalue weighted by molar-refractivity contribution is 7.81. The molecule has 0 heterocycles. The number of hydrogen-bond donors (Lipinski definition) is 0. The molecule has 0 atom stereocenters. The fraction of sp³-hybridized carbons (Fsp3) is 1.00. The Morgan fingerprint density at radius 1 is 0.640 bits per heavy atom. The van der Waals surface area contributed by atoms with E-state index in [2.05, 4.69) is 15.4 Å². The summed E-state index contributed by atoms with van der Waals surface area (Å²) < 4.78 is 36.4. The molecule has 0 radical (unpaired) electrons. The molecule has 0 bridgehead atoms. The van der Waals surface area contributed by atoms with E-state index in [1.165, 1.54) is 57.8 Å². The first-order valence-electron chi connectivity index (χ1n) is 9.90. The van der Waals surface area contributed by atoms with E-state index in [1.807, 2.05) is 6.92 Å². The van der Waals surface area contributed by atoms with Crippen LogP contribution in [0.4, 0.5) is 0 Å². The Labute approximate surface area is 154 Å². The average molecular weight is 383 g/mol. The predicted octanol–water partition coefficient (Wildman–Crippen LogP) is 4.93. The molecule has 0 aliphatic carbocycles. The minimum absolute atomic E-state index is 0.0713. The van der Waals surface area contributed by atoms with E-state index in [1.54, 1.807) is 0 Å². The molecule has 6 nitrogen and oxygen atoms in total. The van der Waals surface area contributed by atoms with Crippen LogP contribution in [0.1, 0.15) is 90.9 Å². The van der Waals surface area contributed by atoms with Crippen LogP contribution in [0.5, 0.6) is 0 Å². The van der Waals surface area contributed by atoms with Crippen molar-refractivity contribution in [2.75, 3.05) is 26.4 Å². The van der Waals surface area contributed by atoms with Crippen LogP contribution in [0.3, 0.4) is 0 Å². The van der Waals surface area contributed by atoms with Gasteiger partial charge in [0.25, 0.3) is 0 Å². The molecule has 0 aliphatic heterocycles. The van der Waals surface area contributed by atoms with Crippen molar-refractivity contribution in [3.8, 4) is 0 Å². The van der Waals surface area contributed by atoms with Gasteiger partial charge in [-0.1, -0.05) is 81.9 Å². The lowest BCUT2D eigenvalue weighted by atomic mass is 10.1. The molecule has 0 fully saturated rings. The zero-order chi connectivity index (χ0) is 18.6. The van der Waals surface area contributed by atoms with Gasteiger partial charge in [-0.3, -0.25) is 0 Å². The van der Waals surface area contributed by atoms with Crippen LogP contribution < -0.4 is 0 Å². The Hall–Kier alpha value is -0.210. The molecule has 25 heavy (non-hydrogen) atoms. The molecule has 7 heteroatoms. The van der Waals surface area contributed by atoms with Gasteiger partial charge in [0.1, 0.15) is 0 Å². The lowest BCUT2D eigenvalue weighted by Gasteiger charge is -2.06. The molecule has 0 aromatic carbocycles. The van der Waals surface area contributed by atoms with Crippen LogP contribution in [-0.2, 0) is 28.5 Å². The van der Waals surface area contributed by atoms with Gasteiger partial charge < -0.3 is 4.74 Å². The lowest BCUT2D eigenvalue weighted by Crippen LogP contribution is -2.14. The van der Waals surface area contributed by atoms with E-state index < -0.39 is 10.4 Å². The maximum atomic E-state index is 11.3. The second kappa shape index (κ2) is 18.6. The van der Waals surface area contributed by atoms with E-state index in [4.69, 9.17) is 9.62 Å². The first-order chi connectivity index (χ1) is 12.1. The Morgan fingerprint density at radius 3 is 1.68 bits per heavy atom. The van der Waals surface area contributed by atoms with E-state index in [0.29, 0.717) is 6.61 Å². The first kappa shape index (κ1) is 24.8. The predicted molar refractivity (Wildman–Crippen MR) is 99.5 cm³/mol. The second-order valence-corrected chi connectivity index (χ2v) is 7.39. The molecule has 0 unspecified atom stereocenters. The Morgan fingerprint density at radius 2 is 1.16 bits per heavy atom. The highest BCUT2D eigenvalue weighted by Crippen LogP contribution is 2.12. The molecule has 0 amide bonds. The van der Waals surface area contributed by atoms with Crippen molar-refractivity contribution in [1.82, 2.24) is 0 Å². The minimum Gasteiger partial charge on any atom is -0.379 e.